The fourth-order valence-electron chi connectivity index (χ4n) is 1.89. The minimum atomic E-state index is -0.255. The average Bonchev–Trinajstić information content (AvgIpc) is 2.75. The highest BCUT2D eigenvalue weighted by Crippen LogP contribution is 2.27. The second kappa shape index (κ2) is 6.06. The quantitative estimate of drug-likeness (QED) is 0.886. The van der Waals surface area contributed by atoms with Gasteiger partial charge in [0.2, 0.25) is 0 Å². The zero-order chi connectivity index (χ0) is 14.8. The molecule has 0 amide bonds. The standard InChI is InChI=1S/C15H19BrFN3/c1-15(2,3)19-7-6-14-18-9-13(20-14)11-5-4-10(17)8-12(11)16/h4-5,8-9,19H,6-7H2,1-3H3,(H,18,20). The molecule has 2 N–H and O–H groups in total. The highest BCUT2D eigenvalue weighted by atomic mass is 79.9. The molecule has 5 heteroatoms. The van der Waals surface area contributed by atoms with E-state index < -0.39 is 0 Å². The number of aromatic amines is 1. The maximum Gasteiger partial charge on any atom is 0.124 e. The number of rotatable bonds is 4. The Bertz CT molecular complexity index is 587. The van der Waals surface area contributed by atoms with Crippen LogP contribution < -0.4 is 5.32 Å². The van der Waals surface area contributed by atoms with Gasteiger partial charge in [0.05, 0.1) is 11.9 Å². The van der Waals surface area contributed by atoms with Crippen molar-refractivity contribution in [1.29, 1.82) is 0 Å². The van der Waals surface area contributed by atoms with Crippen molar-refractivity contribution >= 4 is 15.9 Å². The number of imidazole rings is 1. The predicted octanol–water partition coefficient (Wildman–Crippen LogP) is 3.91. The maximum atomic E-state index is 13.1. The molecule has 0 saturated carbocycles. The molecule has 0 radical (unpaired) electrons. The van der Waals surface area contributed by atoms with E-state index in [4.69, 9.17) is 0 Å². The van der Waals surface area contributed by atoms with E-state index in [0.29, 0.717) is 0 Å². The minimum Gasteiger partial charge on any atom is -0.342 e. The fraction of sp³-hybridized carbons (Fsp3) is 0.400. The van der Waals surface area contributed by atoms with Crippen molar-refractivity contribution in [2.24, 2.45) is 0 Å². The van der Waals surface area contributed by atoms with Crippen molar-refractivity contribution < 1.29 is 4.39 Å². The van der Waals surface area contributed by atoms with Crippen molar-refractivity contribution in [3.05, 3.63) is 40.5 Å². The maximum absolute atomic E-state index is 13.1. The molecule has 0 aliphatic carbocycles. The van der Waals surface area contributed by atoms with Crippen LogP contribution in [0.3, 0.4) is 0 Å². The number of nitrogens with zero attached hydrogens (tertiary/aromatic N) is 1. The molecule has 0 unspecified atom stereocenters. The molecular weight excluding hydrogens is 321 g/mol. The molecule has 1 heterocycles. The van der Waals surface area contributed by atoms with Gasteiger partial charge in [0.15, 0.2) is 0 Å². The Labute approximate surface area is 127 Å². The lowest BCUT2D eigenvalue weighted by Gasteiger charge is -2.19. The van der Waals surface area contributed by atoms with E-state index in [0.717, 1.165) is 34.5 Å². The third-order valence-corrected chi connectivity index (χ3v) is 3.52. The van der Waals surface area contributed by atoms with Crippen molar-refractivity contribution in [3.8, 4) is 11.3 Å². The van der Waals surface area contributed by atoms with Gasteiger partial charge in [-0.1, -0.05) is 0 Å². The molecule has 3 nitrogen and oxygen atoms in total. The Hall–Kier alpha value is -1.20. The Morgan fingerprint density at radius 3 is 2.75 bits per heavy atom. The molecule has 0 saturated heterocycles. The molecule has 0 spiro atoms. The van der Waals surface area contributed by atoms with E-state index in [1.54, 1.807) is 12.3 Å². The first-order chi connectivity index (χ1) is 9.35. The fourth-order valence-corrected chi connectivity index (χ4v) is 2.45. The van der Waals surface area contributed by atoms with Crippen LogP contribution in [0.5, 0.6) is 0 Å². The van der Waals surface area contributed by atoms with Gasteiger partial charge < -0.3 is 10.3 Å². The summed E-state index contributed by atoms with van der Waals surface area (Å²) in [5.41, 5.74) is 1.91. The van der Waals surface area contributed by atoms with Gasteiger partial charge in [0, 0.05) is 28.5 Å². The number of H-pyrrole nitrogens is 1. The zero-order valence-electron chi connectivity index (χ0n) is 11.9. The van der Waals surface area contributed by atoms with Crippen LogP contribution in [0.4, 0.5) is 4.39 Å². The molecule has 0 atom stereocenters. The van der Waals surface area contributed by atoms with Gasteiger partial charge >= 0.3 is 0 Å². The first-order valence-corrected chi connectivity index (χ1v) is 7.39. The highest BCUT2D eigenvalue weighted by Gasteiger charge is 2.10. The second-order valence-electron chi connectivity index (χ2n) is 5.79. The van der Waals surface area contributed by atoms with E-state index in [2.05, 4.69) is 52.0 Å². The second-order valence-corrected chi connectivity index (χ2v) is 6.65. The lowest BCUT2D eigenvalue weighted by Crippen LogP contribution is -2.37. The van der Waals surface area contributed by atoms with Gasteiger partial charge in [0.1, 0.15) is 11.6 Å². The number of benzene rings is 1. The minimum absolute atomic E-state index is 0.107. The molecule has 2 aromatic rings. The summed E-state index contributed by atoms with van der Waals surface area (Å²) in [6, 6.07) is 4.64. The van der Waals surface area contributed by atoms with Crippen LogP contribution >= 0.6 is 15.9 Å². The van der Waals surface area contributed by atoms with E-state index in [1.807, 2.05) is 0 Å². The summed E-state index contributed by atoms with van der Waals surface area (Å²) in [4.78, 5) is 7.64. The van der Waals surface area contributed by atoms with Gasteiger partial charge in [-0.15, -0.1) is 0 Å². The van der Waals surface area contributed by atoms with Crippen LogP contribution in [0.15, 0.2) is 28.9 Å². The Morgan fingerprint density at radius 2 is 2.10 bits per heavy atom. The molecule has 0 fully saturated rings. The molecule has 0 aliphatic heterocycles. The Morgan fingerprint density at radius 1 is 1.35 bits per heavy atom. The first kappa shape index (κ1) is 15.2. The summed E-state index contributed by atoms with van der Waals surface area (Å²) in [6.45, 7) is 7.27. The van der Waals surface area contributed by atoms with Gasteiger partial charge in [-0.2, -0.15) is 0 Å². The monoisotopic (exact) mass is 339 g/mol. The largest absolute Gasteiger partial charge is 0.342 e. The first-order valence-electron chi connectivity index (χ1n) is 6.59. The average molecular weight is 340 g/mol. The van der Waals surface area contributed by atoms with E-state index in [-0.39, 0.29) is 11.4 Å². The van der Waals surface area contributed by atoms with Crippen LogP contribution in [-0.4, -0.2) is 22.1 Å². The van der Waals surface area contributed by atoms with Crippen LogP contribution in [0.1, 0.15) is 26.6 Å². The van der Waals surface area contributed by atoms with Crippen LogP contribution in [0.2, 0.25) is 0 Å². The third-order valence-electron chi connectivity index (χ3n) is 2.87. The molecule has 1 aromatic heterocycles. The van der Waals surface area contributed by atoms with Crippen molar-refractivity contribution in [1.82, 2.24) is 15.3 Å². The summed E-state index contributed by atoms with van der Waals surface area (Å²) in [7, 11) is 0. The molecule has 20 heavy (non-hydrogen) atoms. The van der Waals surface area contributed by atoms with Crippen molar-refractivity contribution in [3.63, 3.8) is 0 Å². The van der Waals surface area contributed by atoms with Crippen molar-refractivity contribution in [2.75, 3.05) is 6.54 Å². The summed E-state index contributed by atoms with van der Waals surface area (Å²) in [5.74, 6) is 0.669. The SMILES string of the molecule is CC(C)(C)NCCc1ncc(-c2ccc(F)cc2Br)[nH]1. The van der Waals surface area contributed by atoms with Crippen LogP contribution in [0.25, 0.3) is 11.3 Å². The normalized spacial score (nSPS) is 11.8. The number of aromatic nitrogens is 2. The Kier molecular flexibility index (Phi) is 4.60. The molecule has 2 rings (SSSR count). The summed E-state index contributed by atoms with van der Waals surface area (Å²) < 4.78 is 13.8. The number of hydrogen-bond acceptors (Lipinski definition) is 2. The molecule has 108 valence electrons. The smallest absolute Gasteiger partial charge is 0.124 e. The van der Waals surface area contributed by atoms with Gasteiger partial charge in [-0.3, -0.25) is 0 Å². The van der Waals surface area contributed by atoms with Crippen LogP contribution in [-0.2, 0) is 6.42 Å². The number of halogens is 2. The molecule has 1 aromatic carbocycles. The van der Waals surface area contributed by atoms with Crippen LogP contribution in [0, 0.1) is 5.82 Å². The van der Waals surface area contributed by atoms with Crippen molar-refractivity contribution in [2.45, 2.75) is 32.7 Å². The lowest BCUT2D eigenvalue weighted by atomic mass is 10.1. The molecular formula is C15H19BrFN3. The number of nitrogens with one attached hydrogen (secondary N) is 2. The lowest BCUT2D eigenvalue weighted by molar-refractivity contribution is 0.427. The van der Waals surface area contributed by atoms with Gasteiger partial charge in [-0.25, -0.2) is 9.37 Å². The predicted molar refractivity (Wildman–Crippen MR) is 83.1 cm³/mol. The topological polar surface area (TPSA) is 40.7 Å². The molecule has 0 bridgehead atoms. The Balaban J connectivity index is 2.05. The number of hydrogen-bond donors (Lipinski definition) is 2. The van der Waals surface area contributed by atoms with Gasteiger partial charge in [0.25, 0.3) is 0 Å². The third kappa shape index (κ3) is 4.15. The van der Waals surface area contributed by atoms with E-state index in [1.165, 1.54) is 12.1 Å². The van der Waals surface area contributed by atoms with Gasteiger partial charge in [-0.05, 0) is 54.9 Å². The van der Waals surface area contributed by atoms with E-state index >= 15 is 0 Å². The summed E-state index contributed by atoms with van der Waals surface area (Å²) in [5, 5.41) is 3.42. The summed E-state index contributed by atoms with van der Waals surface area (Å²) in [6.07, 6.45) is 2.61. The van der Waals surface area contributed by atoms with E-state index in [9.17, 15) is 4.39 Å². The molecule has 0 aliphatic rings. The highest BCUT2D eigenvalue weighted by molar-refractivity contribution is 9.10. The zero-order valence-corrected chi connectivity index (χ0v) is 13.5. The summed E-state index contributed by atoms with van der Waals surface area (Å²) >= 11 is 3.37.